The molecular weight excluding hydrogens is 338 g/mol. The van der Waals surface area contributed by atoms with E-state index in [1.165, 1.54) is 18.4 Å². The van der Waals surface area contributed by atoms with Crippen LogP contribution in [0.2, 0.25) is 0 Å². The first-order valence-electron chi connectivity index (χ1n) is 9.81. The number of carbonyl (C=O) groups is 2. The predicted molar refractivity (Wildman–Crippen MR) is 103 cm³/mol. The molecule has 4 heteroatoms. The van der Waals surface area contributed by atoms with Gasteiger partial charge in [-0.05, 0) is 48.3 Å². The highest BCUT2D eigenvalue weighted by molar-refractivity contribution is 5.85. The van der Waals surface area contributed by atoms with Gasteiger partial charge in [-0.3, -0.25) is 9.59 Å². The Kier molecular flexibility index (Phi) is 4.97. The summed E-state index contributed by atoms with van der Waals surface area (Å²) in [5.74, 6) is -1.34. The van der Waals surface area contributed by atoms with Crippen molar-refractivity contribution in [3.8, 4) is 0 Å². The van der Waals surface area contributed by atoms with E-state index in [4.69, 9.17) is 0 Å². The van der Waals surface area contributed by atoms with Crippen molar-refractivity contribution in [1.29, 1.82) is 0 Å². The summed E-state index contributed by atoms with van der Waals surface area (Å²) < 4.78 is 0. The number of carboxylic acid groups (broad SMARTS) is 1. The molecule has 0 bridgehead atoms. The lowest BCUT2D eigenvalue weighted by molar-refractivity contribution is -0.146. The second-order valence-electron chi connectivity index (χ2n) is 7.78. The number of benzene rings is 2. The molecule has 4 nitrogen and oxygen atoms in total. The smallest absolute Gasteiger partial charge is 0.307 e. The van der Waals surface area contributed by atoms with E-state index in [-0.39, 0.29) is 11.9 Å². The Hall–Kier alpha value is -2.62. The Bertz CT molecular complexity index is 811. The highest BCUT2D eigenvalue weighted by atomic mass is 16.4. The molecule has 2 N–H and O–H groups in total. The van der Waals surface area contributed by atoms with Gasteiger partial charge in [0.2, 0.25) is 5.91 Å². The van der Waals surface area contributed by atoms with E-state index < -0.39 is 17.8 Å². The molecule has 2 aromatic carbocycles. The third-order valence-electron chi connectivity index (χ3n) is 5.91. The first kappa shape index (κ1) is 17.8. The molecule has 0 saturated heterocycles. The Morgan fingerprint density at radius 2 is 1.48 bits per heavy atom. The van der Waals surface area contributed by atoms with Crippen LogP contribution in [0.5, 0.6) is 0 Å². The fourth-order valence-electron chi connectivity index (χ4n) is 4.20. The Morgan fingerprint density at radius 3 is 2.11 bits per heavy atom. The van der Waals surface area contributed by atoms with E-state index in [2.05, 4.69) is 29.6 Å². The lowest BCUT2D eigenvalue weighted by atomic mass is 9.92. The molecule has 0 aliphatic heterocycles. The van der Waals surface area contributed by atoms with Gasteiger partial charge in [0.1, 0.15) is 0 Å². The van der Waals surface area contributed by atoms with E-state index in [1.807, 2.05) is 30.3 Å². The van der Waals surface area contributed by atoms with E-state index >= 15 is 0 Å². The van der Waals surface area contributed by atoms with E-state index in [1.54, 1.807) is 0 Å². The quantitative estimate of drug-likeness (QED) is 0.805. The number of nitrogens with one attached hydrogen (secondary N) is 1. The summed E-state index contributed by atoms with van der Waals surface area (Å²) in [4.78, 5) is 24.4. The third-order valence-corrected chi connectivity index (χ3v) is 5.91. The first-order valence-corrected chi connectivity index (χ1v) is 9.81. The van der Waals surface area contributed by atoms with Crippen molar-refractivity contribution in [2.45, 2.75) is 44.1 Å². The van der Waals surface area contributed by atoms with Crippen molar-refractivity contribution in [1.82, 2.24) is 5.32 Å². The number of amides is 1. The molecule has 2 aliphatic carbocycles. The van der Waals surface area contributed by atoms with Crippen LogP contribution in [0.3, 0.4) is 0 Å². The van der Waals surface area contributed by atoms with Crippen LogP contribution in [0.15, 0.2) is 54.6 Å². The summed E-state index contributed by atoms with van der Waals surface area (Å²) in [5.41, 5.74) is 3.40. The van der Waals surface area contributed by atoms with Gasteiger partial charge >= 0.3 is 5.97 Å². The minimum Gasteiger partial charge on any atom is -0.481 e. The molecule has 2 fully saturated rings. The van der Waals surface area contributed by atoms with Gasteiger partial charge in [-0.25, -0.2) is 0 Å². The van der Waals surface area contributed by atoms with Gasteiger partial charge < -0.3 is 10.4 Å². The SMILES string of the molecule is O=C(O)C1CCCC1C(=O)NC(c1ccccc1)c1ccc(C2CC2)cc1. The van der Waals surface area contributed by atoms with Crippen molar-refractivity contribution < 1.29 is 14.7 Å². The zero-order chi connectivity index (χ0) is 18.8. The molecule has 2 aromatic rings. The average molecular weight is 363 g/mol. The first-order chi connectivity index (χ1) is 13.1. The van der Waals surface area contributed by atoms with Crippen molar-refractivity contribution >= 4 is 11.9 Å². The summed E-state index contributed by atoms with van der Waals surface area (Å²) in [6.45, 7) is 0. The van der Waals surface area contributed by atoms with Crippen LogP contribution in [-0.2, 0) is 9.59 Å². The number of carboxylic acids is 1. The standard InChI is InChI=1S/C23H25NO3/c25-22(19-7-4-8-20(19)23(26)27)24-21(17-5-2-1-3-6-17)18-13-11-16(12-14-18)15-9-10-15/h1-3,5-6,11-15,19-21H,4,7-10H2,(H,24,25)(H,26,27). The Balaban J connectivity index is 1.58. The predicted octanol–water partition coefficient (Wildman–Crippen LogP) is 4.27. The maximum atomic E-state index is 12.9. The Labute approximate surface area is 159 Å². The summed E-state index contributed by atoms with van der Waals surface area (Å²) in [6, 6.07) is 18.1. The number of hydrogen-bond donors (Lipinski definition) is 2. The molecular formula is C23H25NO3. The van der Waals surface area contributed by atoms with Crippen LogP contribution in [0.1, 0.15) is 60.8 Å². The van der Waals surface area contributed by atoms with Crippen LogP contribution in [-0.4, -0.2) is 17.0 Å². The zero-order valence-electron chi connectivity index (χ0n) is 15.3. The van der Waals surface area contributed by atoms with Gasteiger partial charge in [0.25, 0.3) is 0 Å². The van der Waals surface area contributed by atoms with Crippen LogP contribution in [0, 0.1) is 11.8 Å². The van der Waals surface area contributed by atoms with Crippen LogP contribution in [0.25, 0.3) is 0 Å². The fourth-order valence-corrected chi connectivity index (χ4v) is 4.20. The van der Waals surface area contributed by atoms with E-state index in [9.17, 15) is 14.7 Å². The number of rotatable bonds is 6. The molecule has 4 rings (SSSR count). The highest BCUT2D eigenvalue weighted by Crippen LogP contribution is 2.40. The molecule has 3 atom stereocenters. The molecule has 2 saturated carbocycles. The number of carbonyl (C=O) groups excluding carboxylic acids is 1. The van der Waals surface area contributed by atoms with E-state index in [0.717, 1.165) is 17.5 Å². The monoisotopic (exact) mass is 363 g/mol. The van der Waals surface area contributed by atoms with Crippen molar-refractivity contribution in [2.24, 2.45) is 11.8 Å². The molecule has 0 spiro atoms. The summed E-state index contributed by atoms with van der Waals surface area (Å²) in [7, 11) is 0. The van der Waals surface area contributed by atoms with Gasteiger partial charge in [0, 0.05) is 0 Å². The molecule has 27 heavy (non-hydrogen) atoms. The van der Waals surface area contributed by atoms with Gasteiger partial charge in [0.05, 0.1) is 17.9 Å². The van der Waals surface area contributed by atoms with Gasteiger partial charge in [-0.1, -0.05) is 61.0 Å². The molecule has 2 aliphatic rings. The lowest BCUT2D eigenvalue weighted by Gasteiger charge is -2.23. The normalized spacial score (nSPS) is 23.0. The minimum atomic E-state index is -0.863. The van der Waals surface area contributed by atoms with Gasteiger partial charge in [-0.15, -0.1) is 0 Å². The summed E-state index contributed by atoms with van der Waals surface area (Å²) in [5, 5.41) is 12.5. The van der Waals surface area contributed by atoms with Crippen LogP contribution in [0.4, 0.5) is 0 Å². The highest BCUT2D eigenvalue weighted by Gasteiger charge is 2.38. The molecule has 140 valence electrons. The largest absolute Gasteiger partial charge is 0.481 e. The second-order valence-corrected chi connectivity index (χ2v) is 7.78. The van der Waals surface area contributed by atoms with Crippen molar-refractivity contribution in [2.75, 3.05) is 0 Å². The van der Waals surface area contributed by atoms with Crippen LogP contribution < -0.4 is 5.32 Å². The second kappa shape index (κ2) is 7.55. The van der Waals surface area contributed by atoms with Crippen molar-refractivity contribution in [3.63, 3.8) is 0 Å². The minimum absolute atomic E-state index is 0.153. The third kappa shape index (κ3) is 3.90. The zero-order valence-corrected chi connectivity index (χ0v) is 15.3. The Morgan fingerprint density at radius 1 is 0.852 bits per heavy atom. The van der Waals surface area contributed by atoms with Gasteiger partial charge in [0.15, 0.2) is 0 Å². The molecule has 0 heterocycles. The molecule has 0 radical (unpaired) electrons. The molecule has 3 unspecified atom stereocenters. The van der Waals surface area contributed by atoms with Crippen LogP contribution >= 0.6 is 0 Å². The maximum absolute atomic E-state index is 12.9. The maximum Gasteiger partial charge on any atom is 0.307 e. The molecule has 1 amide bonds. The van der Waals surface area contributed by atoms with E-state index in [0.29, 0.717) is 18.8 Å². The number of hydrogen-bond acceptors (Lipinski definition) is 2. The average Bonchev–Trinajstić information content (AvgIpc) is 3.42. The van der Waals surface area contributed by atoms with Gasteiger partial charge in [-0.2, -0.15) is 0 Å². The topological polar surface area (TPSA) is 66.4 Å². The van der Waals surface area contributed by atoms with Crippen molar-refractivity contribution in [3.05, 3.63) is 71.3 Å². The summed E-state index contributed by atoms with van der Waals surface area (Å²) >= 11 is 0. The number of aliphatic carboxylic acids is 1. The molecule has 0 aromatic heterocycles. The lowest BCUT2D eigenvalue weighted by Crippen LogP contribution is -2.37. The summed E-state index contributed by atoms with van der Waals surface area (Å²) in [6.07, 6.45) is 4.54. The fraction of sp³-hybridized carbons (Fsp3) is 0.391.